The van der Waals surface area contributed by atoms with Crippen molar-refractivity contribution >= 4 is 0 Å². The first-order chi connectivity index (χ1) is 5.45. The molecule has 3 atom stereocenters. The van der Waals surface area contributed by atoms with E-state index in [-0.39, 0.29) is 6.04 Å². The lowest BCUT2D eigenvalue weighted by molar-refractivity contribution is 0.0431. The van der Waals surface area contributed by atoms with Crippen molar-refractivity contribution < 1.29 is 5.11 Å². The first-order valence-electron chi connectivity index (χ1n) is 4.93. The highest BCUT2D eigenvalue weighted by molar-refractivity contribution is 4.95. The van der Waals surface area contributed by atoms with Gasteiger partial charge < -0.3 is 10.4 Å². The highest BCUT2D eigenvalue weighted by Crippen LogP contribution is 2.34. The van der Waals surface area contributed by atoms with E-state index in [1.54, 1.807) is 0 Å². The summed E-state index contributed by atoms with van der Waals surface area (Å²) in [5.74, 6) is 0.856. The van der Waals surface area contributed by atoms with Gasteiger partial charge >= 0.3 is 0 Å². The number of aliphatic hydroxyl groups is 1. The van der Waals surface area contributed by atoms with Crippen molar-refractivity contribution in [1.29, 1.82) is 0 Å². The number of nitrogens with one attached hydrogen (secondary N) is 1. The predicted molar refractivity (Wildman–Crippen MR) is 51.1 cm³/mol. The fourth-order valence-corrected chi connectivity index (χ4v) is 1.43. The van der Waals surface area contributed by atoms with Crippen molar-refractivity contribution in [3.05, 3.63) is 0 Å². The van der Waals surface area contributed by atoms with Crippen LogP contribution in [0.25, 0.3) is 0 Å². The maximum absolute atomic E-state index is 9.66. The van der Waals surface area contributed by atoms with Crippen LogP contribution in [0, 0.1) is 5.92 Å². The zero-order chi connectivity index (χ0) is 9.35. The molecule has 2 heteroatoms. The molecule has 0 amide bonds. The normalized spacial score (nSPS) is 31.8. The smallest absolute Gasteiger partial charge is 0.0741 e. The molecule has 0 spiro atoms. The van der Waals surface area contributed by atoms with E-state index < -0.39 is 5.60 Å². The zero-order valence-corrected chi connectivity index (χ0v) is 8.59. The Hall–Kier alpha value is -0.0800. The van der Waals surface area contributed by atoms with Gasteiger partial charge in [0.2, 0.25) is 0 Å². The Morgan fingerprint density at radius 2 is 2.17 bits per heavy atom. The van der Waals surface area contributed by atoms with E-state index in [0.717, 1.165) is 5.92 Å². The van der Waals surface area contributed by atoms with E-state index in [1.165, 1.54) is 12.8 Å². The van der Waals surface area contributed by atoms with Gasteiger partial charge in [0.1, 0.15) is 0 Å². The Morgan fingerprint density at radius 1 is 1.58 bits per heavy atom. The molecule has 72 valence electrons. The molecule has 0 aromatic carbocycles. The van der Waals surface area contributed by atoms with Crippen molar-refractivity contribution in [2.75, 3.05) is 0 Å². The molecule has 1 aliphatic carbocycles. The molecule has 0 aliphatic heterocycles. The number of rotatable bonds is 4. The molecule has 0 aromatic heterocycles. The van der Waals surface area contributed by atoms with Crippen molar-refractivity contribution in [3.8, 4) is 0 Å². The molecular weight excluding hydrogens is 150 g/mol. The van der Waals surface area contributed by atoms with E-state index in [4.69, 9.17) is 0 Å². The van der Waals surface area contributed by atoms with Crippen LogP contribution in [0.5, 0.6) is 0 Å². The zero-order valence-electron chi connectivity index (χ0n) is 8.59. The lowest BCUT2D eigenvalue weighted by Gasteiger charge is -2.27. The summed E-state index contributed by atoms with van der Waals surface area (Å²) >= 11 is 0. The quantitative estimate of drug-likeness (QED) is 0.672. The van der Waals surface area contributed by atoms with Crippen LogP contribution in [-0.2, 0) is 0 Å². The first kappa shape index (κ1) is 10.0. The maximum Gasteiger partial charge on any atom is 0.0741 e. The second-order valence-electron chi connectivity index (χ2n) is 4.55. The second kappa shape index (κ2) is 3.35. The molecule has 1 rings (SSSR count). The standard InChI is InChI=1S/C10H21NO/c1-5-8-6-9(8)11-7(2)10(3,4)12/h7-9,11-12H,5-6H2,1-4H3. The van der Waals surface area contributed by atoms with Crippen LogP contribution in [0.1, 0.15) is 40.5 Å². The molecule has 12 heavy (non-hydrogen) atoms. The molecule has 2 nitrogen and oxygen atoms in total. The molecule has 0 aromatic rings. The van der Waals surface area contributed by atoms with Crippen molar-refractivity contribution in [1.82, 2.24) is 5.32 Å². The van der Waals surface area contributed by atoms with Crippen LogP contribution >= 0.6 is 0 Å². The van der Waals surface area contributed by atoms with Crippen molar-refractivity contribution in [3.63, 3.8) is 0 Å². The van der Waals surface area contributed by atoms with Crippen molar-refractivity contribution in [2.24, 2.45) is 5.92 Å². The van der Waals surface area contributed by atoms with Gasteiger partial charge in [0, 0.05) is 12.1 Å². The SMILES string of the molecule is CCC1CC1NC(C)C(C)(C)O. The predicted octanol–water partition coefficient (Wildman–Crippen LogP) is 1.53. The summed E-state index contributed by atoms with van der Waals surface area (Å²) in [5.41, 5.74) is -0.596. The Balaban J connectivity index is 2.24. The summed E-state index contributed by atoms with van der Waals surface area (Å²) in [6.45, 7) is 7.98. The molecule has 1 saturated carbocycles. The molecule has 0 saturated heterocycles. The number of hydrogen-bond donors (Lipinski definition) is 2. The van der Waals surface area contributed by atoms with Crippen LogP contribution in [-0.4, -0.2) is 22.8 Å². The lowest BCUT2D eigenvalue weighted by Crippen LogP contribution is -2.45. The molecular formula is C10H21NO. The summed E-state index contributed by atoms with van der Waals surface area (Å²) in [7, 11) is 0. The summed E-state index contributed by atoms with van der Waals surface area (Å²) in [6.07, 6.45) is 2.55. The van der Waals surface area contributed by atoms with Gasteiger partial charge in [-0.2, -0.15) is 0 Å². The Bertz CT molecular complexity index is 150. The Labute approximate surface area is 75.4 Å². The third-order valence-electron chi connectivity index (χ3n) is 2.97. The molecule has 1 aliphatic rings. The van der Waals surface area contributed by atoms with Gasteiger partial charge in [-0.15, -0.1) is 0 Å². The lowest BCUT2D eigenvalue weighted by atomic mass is 10.0. The van der Waals surface area contributed by atoms with Crippen LogP contribution in [0.4, 0.5) is 0 Å². The van der Waals surface area contributed by atoms with E-state index in [0.29, 0.717) is 6.04 Å². The maximum atomic E-state index is 9.66. The third-order valence-corrected chi connectivity index (χ3v) is 2.97. The molecule has 0 heterocycles. The monoisotopic (exact) mass is 171 g/mol. The largest absolute Gasteiger partial charge is 0.389 e. The summed E-state index contributed by atoms with van der Waals surface area (Å²) in [4.78, 5) is 0. The molecule has 3 unspecified atom stereocenters. The molecule has 0 radical (unpaired) electrons. The van der Waals surface area contributed by atoms with Crippen molar-refractivity contribution in [2.45, 2.75) is 58.2 Å². The topological polar surface area (TPSA) is 32.3 Å². The number of hydrogen-bond acceptors (Lipinski definition) is 2. The van der Waals surface area contributed by atoms with E-state index >= 15 is 0 Å². The summed E-state index contributed by atoms with van der Waals surface area (Å²) in [5, 5.41) is 13.1. The van der Waals surface area contributed by atoms with Gasteiger partial charge in [-0.25, -0.2) is 0 Å². The summed E-state index contributed by atoms with van der Waals surface area (Å²) < 4.78 is 0. The minimum absolute atomic E-state index is 0.194. The molecule has 1 fully saturated rings. The van der Waals surface area contributed by atoms with Gasteiger partial charge in [0.15, 0.2) is 0 Å². The van der Waals surface area contributed by atoms with Crippen LogP contribution < -0.4 is 5.32 Å². The van der Waals surface area contributed by atoms with Gasteiger partial charge in [0.05, 0.1) is 5.60 Å². The first-order valence-corrected chi connectivity index (χ1v) is 4.93. The Kier molecular flexibility index (Phi) is 2.79. The van der Waals surface area contributed by atoms with Gasteiger partial charge in [-0.05, 0) is 33.1 Å². The van der Waals surface area contributed by atoms with E-state index in [9.17, 15) is 5.11 Å². The van der Waals surface area contributed by atoms with Crippen LogP contribution in [0.3, 0.4) is 0 Å². The summed E-state index contributed by atoms with van der Waals surface area (Å²) in [6, 6.07) is 0.857. The molecule has 2 N–H and O–H groups in total. The molecule has 0 bridgehead atoms. The third kappa shape index (κ3) is 2.46. The fraction of sp³-hybridized carbons (Fsp3) is 1.00. The van der Waals surface area contributed by atoms with Gasteiger partial charge in [-0.3, -0.25) is 0 Å². The highest BCUT2D eigenvalue weighted by atomic mass is 16.3. The van der Waals surface area contributed by atoms with Gasteiger partial charge in [0.25, 0.3) is 0 Å². The highest BCUT2D eigenvalue weighted by Gasteiger charge is 2.38. The average molecular weight is 171 g/mol. The minimum Gasteiger partial charge on any atom is -0.389 e. The Morgan fingerprint density at radius 3 is 2.50 bits per heavy atom. The fourth-order valence-electron chi connectivity index (χ4n) is 1.43. The van der Waals surface area contributed by atoms with Crippen LogP contribution in [0.2, 0.25) is 0 Å². The second-order valence-corrected chi connectivity index (χ2v) is 4.55. The van der Waals surface area contributed by atoms with Crippen LogP contribution in [0.15, 0.2) is 0 Å². The van der Waals surface area contributed by atoms with E-state index in [1.807, 2.05) is 20.8 Å². The van der Waals surface area contributed by atoms with E-state index in [2.05, 4.69) is 12.2 Å². The minimum atomic E-state index is -0.596. The average Bonchev–Trinajstić information content (AvgIpc) is 2.65. The van der Waals surface area contributed by atoms with Gasteiger partial charge in [-0.1, -0.05) is 13.3 Å².